The van der Waals surface area contributed by atoms with E-state index in [1.165, 1.54) is 59.1 Å². The van der Waals surface area contributed by atoms with Crippen molar-refractivity contribution in [1.29, 1.82) is 0 Å². The van der Waals surface area contributed by atoms with E-state index < -0.39 is 0 Å². The maximum Gasteiger partial charge on any atom is 0.0462 e. The summed E-state index contributed by atoms with van der Waals surface area (Å²) >= 11 is 0. The van der Waals surface area contributed by atoms with Gasteiger partial charge in [0.2, 0.25) is 0 Å². The molecule has 58 heavy (non-hydrogen) atoms. The molecular formula is C56H46N2. The summed E-state index contributed by atoms with van der Waals surface area (Å²) in [5.41, 5.74) is 16.2. The molecule has 2 heteroatoms. The summed E-state index contributed by atoms with van der Waals surface area (Å²) in [5.74, 6) is 2.91. The number of para-hydroxylation sites is 2. The Bertz CT molecular complexity index is 2580. The molecule has 4 aliphatic carbocycles. The lowest BCUT2D eigenvalue weighted by Crippen LogP contribution is -2.24. The third kappa shape index (κ3) is 6.12. The van der Waals surface area contributed by atoms with Crippen LogP contribution in [0.5, 0.6) is 0 Å². The van der Waals surface area contributed by atoms with E-state index in [0.29, 0.717) is 5.41 Å². The Morgan fingerprint density at radius 2 is 0.569 bits per heavy atom. The van der Waals surface area contributed by atoms with E-state index in [1.807, 2.05) is 0 Å². The number of benzene rings is 8. The molecule has 4 fully saturated rings. The summed E-state index contributed by atoms with van der Waals surface area (Å²) in [6.07, 6.45) is 5.79. The van der Waals surface area contributed by atoms with Gasteiger partial charge in [0, 0.05) is 34.1 Å². The fourth-order valence-electron chi connectivity index (χ4n) is 10.9. The van der Waals surface area contributed by atoms with Crippen LogP contribution in [0.15, 0.2) is 212 Å². The second-order valence-corrected chi connectivity index (χ2v) is 16.7. The molecule has 0 spiro atoms. The zero-order chi connectivity index (χ0) is 38.5. The fraction of sp³-hybridized carbons (Fsp3) is 0.143. The third-order valence-electron chi connectivity index (χ3n) is 13.6. The second-order valence-electron chi connectivity index (χ2n) is 16.7. The van der Waals surface area contributed by atoms with Gasteiger partial charge in [0.25, 0.3) is 0 Å². The van der Waals surface area contributed by atoms with Crippen molar-refractivity contribution in [2.24, 2.45) is 17.8 Å². The minimum Gasteiger partial charge on any atom is -0.311 e. The van der Waals surface area contributed by atoms with E-state index in [2.05, 4.69) is 222 Å². The Morgan fingerprint density at radius 1 is 0.293 bits per heavy atom. The molecule has 0 amide bonds. The number of hydrogen-bond acceptors (Lipinski definition) is 2. The predicted molar refractivity (Wildman–Crippen MR) is 243 cm³/mol. The van der Waals surface area contributed by atoms with E-state index >= 15 is 0 Å². The monoisotopic (exact) mass is 746 g/mol. The van der Waals surface area contributed by atoms with Crippen LogP contribution in [0.3, 0.4) is 0 Å². The summed E-state index contributed by atoms with van der Waals surface area (Å²) in [4.78, 5) is 4.67. The molecule has 0 N–H and O–H groups in total. The van der Waals surface area contributed by atoms with Gasteiger partial charge in [-0.2, -0.15) is 0 Å². The zero-order valence-electron chi connectivity index (χ0n) is 32.7. The molecule has 8 aromatic rings. The second kappa shape index (κ2) is 14.4. The molecule has 4 aliphatic rings. The first-order valence-electron chi connectivity index (χ1n) is 21.0. The van der Waals surface area contributed by atoms with Crippen LogP contribution < -0.4 is 9.80 Å². The van der Waals surface area contributed by atoms with Crippen molar-refractivity contribution in [3.05, 3.63) is 218 Å². The summed E-state index contributed by atoms with van der Waals surface area (Å²) < 4.78 is 0. The predicted octanol–water partition coefficient (Wildman–Crippen LogP) is 15.3. The highest BCUT2D eigenvalue weighted by Crippen LogP contribution is 2.70. The number of anilines is 6. The molecule has 0 aromatic heterocycles. The molecular weight excluding hydrogens is 701 g/mol. The van der Waals surface area contributed by atoms with Gasteiger partial charge in [0.15, 0.2) is 0 Å². The van der Waals surface area contributed by atoms with E-state index in [-0.39, 0.29) is 0 Å². The first kappa shape index (κ1) is 34.6. The fourth-order valence-corrected chi connectivity index (χ4v) is 10.9. The van der Waals surface area contributed by atoms with Crippen LogP contribution in [0, 0.1) is 17.8 Å². The first-order valence-corrected chi connectivity index (χ1v) is 21.0. The Labute approximate surface area is 342 Å². The van der Waals surface area contributed by atoms with Crippen LogP contribution >= 0.6 is 0 Å². The molecule has 8 aromatic carbocycles. The highest BCUT2D eigenvalue weighted by Gasteiger charge is 2.63. The smallest absolute Gasteiger partial charge is 0.0462 e. The van der Waals surface area contributed by atoms with Crippen molar-refractivity contribution in [3.8, 4) is 33.4 Å². The van der Waals surface area contributed by atoms with E-state index in [9.17, 15) is 0 Å². The molecule has 0 heterocycles. The van der Waals surface area contributed by atoms with Crippen LogP contribution in [0.25, 0.3) is 33.4 Å². The lowest BCUT2D eigenvalue weighted by Gasteiger charge is -2.30. The maximum atomic E-state index is 2.45. The summed E-state index contributed by atoms with van der Waals surface area (Å²) in [6, 6.07) is 77.4. The van der Waals surface area contributed by atoms with Gasteiger partial charge in [-0.15, -0.1) is 0 Å². The Morgan fingerprint density at radius 3 is 0.879 bits per heavy atom. The number of nitrogens with zero attached hydrogens (tertiary/aromatic N) is 2. The lowest BCUT2D eigenvalue weighted by molar-refractivity contribution is 0.371. The first-order chi connectivity index (χ1) is 28.7. The highest BCUT2D eigenvalue weighted by molar-refractivity contribution is 5.82. The van der Waals surface area contributed by atoms with Crippen molar-refractivity contribution in [2.75, 3.05) is 9.80 Å². The van der Waals surface area contributed by atoms with Gasteiger partial charge in [-0.25, -0.2) is 0 Å². The van der Waals surface area contributed by atoms with E-state index in [4.69, 9.17) is 0 Å². The molecule has 0 aliphatic heterocycles. The van der Waals surface area contributed by atoms with Gasteiger partial charge in [-0.05, 0) is 161 Å². The Balaban J connectivity index is 0.888. The van der Waals surface area contributed by atoms with Crippen LogP contribution in [0.4, 0.5) is 34.1 Å². The van der Waals surface area contributed by atoms with Crippen molar-refractivity contribution in [3.63, 3.8) is 0 Å². The maximum absolute atomic E-state index is 2.45. The molecule has 2 atom stereocenters. The quantitative estimate of drug-likeness (QED) is 0.137. The highest BCUT2D eigenvalue weighted by atomic mass is 15.1. The van der Waals surface area contributed by atoms with Crippen molar-refractivity contribution >= 4 is 34.1 Å². The normalized spacial score (nSPS) is 20.0. The Hall–Kier alpha value is -6.64. The third-order valence-corrected chi connectivity index (χ3v) is 13.6. The summed E-state index contributed by atoms with van der Waals surface area (Å²) in [5, 5.41) is 0. The van der Waals surface area contributed by atoms with Crippen molar-refractivity contribution in [1.82, 2.24) is 0 Å². The number of hydrogen-bond donors (Lipinski definition) is 0. The SMILES string of the molecule is c1ccc(-c2ccc(N(c3ccc(-c4ccc(N(c5ccccc5)c5ccccc5)cc4)cc3)c3ccc(-c4ccc(C56CC7CC5CC7C6)cc4)cc3)cc2)cc1. The van der Waals surface area contributed by atoms with Gasteiger partial charge in [-0.1, -0.05) is 140 Å². The Kier molecular flexibility index (Phi) is 8.58. The molecule has 0 saturated heterocycles. The molecule has 4 bridgehead atoms. The van der Waals surface area contributed by atoms with Crippen molar-refractivity contribution in [2.45, 2.75) is 31.1 Å². The van der Waals surface area contributed by atoms with Gasteiger partial charge in [0.1, 0.15) is 0 Å². The van der Waals surface area contributed by atoms with Crippen LogP contribution in [0.1, 0.15) is 31.2 Å². The van der Waals surface area contributed by atoms with Gasteiger partial charge < -0.3 is 9.80 Å². The van der Waals surface area contributed by atoms with Gasteiger partial charge >= 0.3 is 0 Å². The molecule has 2 nitrogen and oxygen atoms in total. The molecule has 0 radical (unpaired) electrons. The van der Waals surface area contributed by atoms with Crippen molar-refractivity contribution < 1.29 is 0 Å². The lowest BCUT2D eigenvalue weighted by atomic mass is 9.74. The van der Waals surface area contributed by atoms with Gasteiger partial charge in [-0.3, -0.25) is 0 Å². The van der Waals surface area contributed by atoms with Crippen LogP contribution in [-0.4, -0.2) is 0 Å². The minimum absolute atomic E-state index is 0.471. The average Bonchev–Trinajstić information content (AvgIpc) is 4.07. The van der Waals surface area contributed by atoms with Gasteiger partial charge in [0.05, 0.1) is 0 Å². The van der Waals surface area contributed by atoms with E-state index in [0.717, 1.165) is 51.9 Å². The largest absolute Gasteiger partial charge is 0.311 e. The molecule has 4 saturated carbocycles. The molecule has 2 unspecified atom stereocenters. The van der Waals surface area contributed by atoms with E-state index in [1.54, 1.807) is 5.56 Å². The van der Waals surface area contributed by atoms with Crippen LogP contribution in [-0.2, 0) is 5.41 Å². The van der Waals surface area contributed by atoms with Crippen LogP contribution in [0.2, 0.25) is 0 Å². The standard InChI is InChI=1S/C56H46N2/c1-4-10-40(11-5-1)42-18-28-53(29-19-42)58(54-32-20-43(21-33-54)41-16-26-48(27-17-41)56-38-46-36-49(56)37-47(46)39-56)55-34-24-45(25-35-55)44-22-30-52(31-23-44)57(50-12-6-2-7-13-50)51-14-8-3-9-15-51/h1-35,46-47,49H,36-39H2. The summed E-state index contributed by atoms with van der Waals surface area (Å²) in [7, 11) is 0. The number of rotatable bonds is 10. The molecule has 12 rings (SSSR count). The minimum atomic E-state index is 0.471. The topological polar surface area (TPSA) is 6.48 Å². The summed E-state index contributed by atoms with van der Waals surface area (Å²) in [6.45, 7) is 0. The average molecular weight is 747 g/mol. The zero-order valence-corrected chi connectivity index (χ0v) is 32.7. The molecule has 280 valence electrons.